The van der Waals surface area contributed by atoms with Crippen molar-refractivity contribution in [3.63, 3.8) is 0 Å². The molecule has 26 heavy (non-hydrogen) atoms. The summed E-state index contributed by atoms with van der Waals surface area (Å²) in [5.41, 5.74) is 2.38. The Morgan fingerprint density at radius 1 is 0.846 bits per heavy atom. The SMILES string of the molecule is OCC1=C[C@H](N=CC(c2ccccc2)c2ccccc2)[C@H](O)C(O)[C@@H]1O. The van der Waals surface area contributed by atoms with Gasteiger partial charge in [-0.1, -0.05) is 66.7 Å². The van der Waals surface area contributed by atoms with E-state index in [9.17, 15) is 20.4 Å². The second-order valence-electron chi connectivity index (χ2n) is 6.41. The average Bonchev–Trinajstić information content (AvgIpc) is 2.69. The van der Waals surface area contributed by atoms with Gasteiger partial charge in [0.2, 0.25) is 0 Å². The Bertz CT molecular complexity index is 721. The van der Waals surface area contributed by atoms with Crippen molar-refractivity contribution < 1.29 is 20.4 Å². The quantitative estimate of drug-likeness (QED) is 0.481. The highest BCUT2D eigenvalue weighted by atomic mass is 16.4. The lowest BCUT2D eigenvalue weighted by molar-refractivity contribution is -0.0593. The van der Waals surface area contributed by atoms with Crippen LogP contribution >= 0.6 is 0 Å². The van der Waals surface area contributed by atoms with Crippen LogP contribution in [0.1, 0.15) is 17.0 Å². The van der Waals surface area contributed by atoms with Crippen LogP contribution in [0.25, 0.3) is 0 Å². The van der Waals surface area contributed by atoms with Crippen LogP contribution in [-0.4, -0.2) is 57.6 Å². The molecule has 0 radical (unpaired) electrons. The predicted molar refractivity (Wildman–Crippen MR) is 100 cm³/mol. The van der Waals surface area contributed by atoms with Crippen LogP contribution < -0.4 is 0 Å². The molecule has 0 saturated carbocycles. The Kier molecular flexibility index (Phi) is 5.96. The van der Waals surface area contributed by atoms with E-state index >= 15 is 0 Å². The predicted octanol–water partition coefficient (Wildman–Crippen LogP) is 1.27. The van der Waals surface area contributed by atoms with Gasteiger partial charge >= 0.3 is 0 Å². The van der Waals surface area contributed by atoms with E-state index in [1.54, 1.807) is 6.21 Å². The van der Waals surface area contributed by atoms with Gasteiger partial charge in [0.1, 0.15) is 18.3 Å². The van der Waals surface area contributed by atoms with Crippen LogP contribution in [0.3, 0.4) is 0 Å². The van der Waals surface area contributed by atoms with Gasteiger partial charge in [0.25, 0.3) is 0 Å². The van der Waals surface area contributed by atoms with Crippen molar-refractivity contribution >= 4 is 6.21 Å². The number of benzene rings is 2. The molecular formula is C21H23NO4. The Hall–Kier alpha value is -2.31. The zero-order valence-corrected chi connectivity index (χ0v) is 14.3. The molecule has 136 valence electrons. The molecule has 0 saturated heterocycles. The Balaban J connectivity index is 1.93. The number of aliphatic hydroxyl groups excluding tert-OH is 4. The van der Waals surface area contributed by atoms with E-state index in [2.05, 4.69) is 4.99 Å². The minimum Gasteiger partial charge on any atom is -0.392 e. The first-order chi connectivity index (χ1) is 12.6. The van der Waals surface area contributed by atoms with Crippen LogP contribution in [-0.2, 0) is 0 Å². The summed E-state index contributed by atoms with van der Waals surface area (Å²) in [6.07, 6.45) is -0.625. The molecule has 0 fully saturated rings. The molecule has 0 heterocycles. The molecule has 0 amide bonds. The Morgan fingerprint density at radius 3 is 1.88 bits per heavy atom. The third-order valence-electron chi connectivity index (χ3n) is 4.70. The van der Waals surface area contributed by atoms with E-state index in [0.717, 1.165) is 11.1 Å². The number of nitrogens with zero attached hydrogens (tertiary/aromatic N) is 1. The smallest absolute Gasteiger partial charge is 0.112 e. The normalized spacial score (nSPS) is 26.3. The molecule has 1 unspecified atom stereocenters. The molecule has 0 aromatic heterocycles. The van der Waals surface area contributed by atoms with Crippen molar-refractivity contribution in [1.82, 2.24) is 0 Å². The minimum atomic E-state index is -1.38. The fraction of sp³-hybridized carbons (Fsp3) is 0.286. The number of aliphatic imine (C=N–C) groups is 1. The van der Waals surface area contributed by atoms with Gasteiger partial charge in [-0.3, -0.25) is 4.99 Å². The topological polar surface area (TPSA) is 93.3 Å². The molecular weight excluding hydrogens is 330 g/mol. The van der Waals surface area contributed by atoms with Gasteiger partial charge in [-0.15, -0.1) is 0 Å². The van der Waals surface area contributed by atoms with Gasteiger partial charge in [-0.05, 0) is 16.7 Å². The Morgan fingerprint density at radius 2 is 1.38 bits per heavy atom. The van der Waals surface area contributed by atoms with Gasteiger partial charge in [-0.2, -0.15) is 0 Å². The number of hydrogen-bond acceptors (Lipinski definition) is 5. The zero-order chi connectivity index (χ0) is 18.5. The lowest BCUT2D eigenvalue weighted by Crippen LogP contribution is -2.48. The molecule has 2 aromatic carbocycles. The number of rotatable bonds is 5. The fourth-order valence-corrected chi connectivity index (χ4v) is 3.17. The summed E-state index contributed by atoms with van der Waals surface area (Å²) in [6.45, 7) is -0.391. The lowest BCUT2D eigenvalue weighted by Gasteiger charge is -2.32. The third-order valence-corrected chi connectivity index (χ3v) is 4.70. The summed E-state index contributed by atoms with van der Waals surface area (Å²) < 4.78 is 0. The van der Waals surface area contributed by atoms with E-state index in [1.165, 1.54) is 6.08 Å². The van der Waals surface area contributed by atoms with Crippen LogP contribution in [0, 0.1) is 0 Å². The molecule has 4 atom stereocenters. The third kappa shape index (κ3) is 3.92. The zero-order valence-electron chi connectivity index (χ0n) is 14.3. The lowest BCUT2D eigenvalue weighted by atomic mass is 9.88. The van der Waals surface area contributed by atoms with E-state index < -0.39 is 31.0 Å². The molecule has 1 aliphatic rings. The second-order valence-corrected chi connectivity index (χ2v) is 6.41. The van der Waals surface area contributed by atoms with E-state index in [1.807, 2.05) is 60.7 Å². The van der Waals surface area contributed by atoms with E-state index in [4.69, 9.17) is 0 Å². The second kappa shape index (κ2) is 8.38. The maximum Gasteiger partial charge on any atom is 0.112 e. The first-order valence-corrected chi connectivity index (χ1v) is 8.60. The van der Waals surface area contributed by atoms with Gasteiger partial charge in [0.05, 0.1) is 12.6 Å². The number of aliphatic hydroxyl groups is 4. The molecule has 0 bridgehead atoms. The highest BCUT2D eigenvalue weighted by molar-refractivity contribution is 5.73. The summed E-state index contributed by atoms with van der Waals surface area (Å²) in [4.78, 5) is 4.47. The molecule has 5 nitrogen and oxygen atoms in total. The van der Waals surface area contributed by atoms with Crippen molar-refractivity contribution in [1.29, 1.82) is 0 Å². The van der Waals surface area contributed by atoms with Crippen molar-refractivity contribution in [2.24, 2.45) is 4.99 Å². The number of hydrogen-bond donors (Lipinski definition) is 4. The molecule has 1 aliphatic carbocycles. The molecule has 0 aliphatic heterocycles. The largest absolute Gasteiger partial charge is 0.392 e. The highest BCUT2D eigenvalue weighted by Crippen LogP contribution is 2.25. The summed E-state index contributed by atoms with van der Waals surface area (Å²) in [5, 5.41) is 39.4. The van der Waals surface area contributed by atoms with Crippen LogP contribution in [0.5, 0.6) is 0 Å². The summed E-state index contributed by atoms with van der Waals surface area (Å²) in [7, 11) is 0. The molecule has 4 N–H and O–H groups in total. The van der Waals surface area contributed by atoms with Gasteiger partial charge in [0.15, 0.2) is 0 Å². The molecule has 3 rings (SSSR count). The van der Waals surface area contributed by atoms with Crippen LogP contribution in [0.4, 0.5) is 0 Å². The maximum absolute atomic E-state index is 10.2. The first kappa shape index (κ1) is 18.5. The molecule has 5 heteroatoms. The molecule has 0 spiro atoms. The molecule has 2 aromatic rings. The van der Waals surface area contributed by atoms with Crippen molar-refractivity contribution in [2.45, 2.75) is 30.3 Å². The average molecular weight is 353 g/mol. The van der Waals surface area contributed by atoms with Gasteiger partial charge in [-0.25, -0.2) is 0 Å². The van der Waals surface area contributed by atoms with Gasteiger partial charge in [0, 0.05) is 12.1 Å². The Labute approximate surface area is 152 Å². The highest BCUT2D eigenvalue weighted by Gasteiger charge is 2.36. The fourth-order valence-electron chi connectivity index (χ4n) is 3.17. The van der Waals surface area contributed by atoms with Gasteiger partial charge < -0.3 is 20.4 Å². The first-order valence-electron chi connectivity index (χ1n) is 8.60. The standard InChI is InChI=1S/C21H23NO4/c23-13-16-11-18(20(25)21(26)19(16)24)22-12-17(14-7-3-1-4-8-14)15-9-5-2-6-10-15/h1-12,17-21,23-26H,13H2/t18-,19+,20-,21?/m0/s1. The van der Waals surface area contributed by atoms with Crippen LogP contribution in [0.2, 0.25) is 0 Å². The summed E-state index contributed by atoms with van der Waals surface area (Å²) in [5.74, 6) is -0.112. The van der Waals surface area contributed by atoms with Crippen molar-refractivity contribution in [3.8, 4) is 0 Å². The van der Waals surface area contributed by atoms with E-state index in [0.29, 0.717) is 0 Å². The monoisotopic (exact) mass is 353 g/mol. The van der Waals surface area contributed by atoms with Crippen molar-refractivity contribution in [3.05, 3.63) is 83.4 Å². The van der Waals surface area contributed by atoms with Crippen LogP contribution in [0.15, 0.2) is 77.3 Å². The summed E-state index contributed by atoms with van der Waals surface area (Å²) in [6, 6.07) is 19.0. The van der Waals surface area contributed by atoms with E-state index in [-0.39, 0.29) is 11.5 Å². The van der Waals surface area contributed by atoms with Crippen molar-refractivity contribution in [2.75, 3.05) is 6.61 Å². The minimum absolute atomic E-state index is 0.112. The summed E-state index contributed by atoms with van der Waals surface area (Å²) >= 11 is 0. The maximum atomic E-state index is 10.2.